The number of anilines is 1. The van der Waals surface area contributed by atoms with Gasteiger partial charge in [-0.1, -0.05) is 18.2 Å². The first-order chi connectivity index (χ1) is 10.3. The molecule has 0 saturated carbocycles. The van der Waals surface area contributed by atoms with Crippen LogP contribution in [0.15, 0.2) is 29.6 Å². The Bertz CT molecular complexity index is 769. The van der Waals surface area contributed by atoms with Crippen molar-refractivity contribution in [3.05, 3.63) is 35.2 Å². The van der Waals surface area contributed by atoms with Crippen molar-refractivity contribution in [3.8, 4) is 10.6 Å². The van der Waals surface area contributed by atoms with Gasteiger partial charge in [0.05, 0.1) is 10.6 Å². The normalized spacial score (nSPS) is 15.8. The lowest BCUT2D eigenvalue weighted by Crippen LogP contribution is -2.32. The summed E-state index contributed by atoms with van der Waals surface area (Å²) in [5, 5.41) is 4.76. The zero-order valence-electron chi connectivity index (χ0n) is 11.8. The van der Waals surface area contributed by atoms with Crippen LogP contribution in [0.3, 0.4) is 0 Å². The van der Waals surface area contributed by atoms with Gasteiger partial charge in [-0.15, -0.1) is 22.7 Å². The van der Waals surface area contributed by atoms with Gasteiger partial charge in [0.1, 0.15) is 0 Å². The van der Waals surface area contributed by atoms with E-state index in [9.17, 15) is 0 Å². The predicted octanol–water partition coefficient (Wildman–Crippen LogP) is 4.89. The minimum atomic E-state index is 1.13. The highest BCUT2D eigenvalue weighted by Gasteiger charge is 2.17. The summed E-state index contributed by atoms with van der Waals surface area (Å²) in [5.74, 6) is 2.44. The molecule has 0 radical (unpaired) electrons. The van der Waals surface area contributed by atoms with E-state index in [-0.39, 0.29) is 0 Å². The van der Waals surface area contributed by atoms with Crippen molar-refractivity contribution in [1.82, 2.24) is 4.98 Å². The molecule has 1 fully saturated rings. The molecule has 108 valence electrons. The zero-order chi connectivity index (χ0) is 14.2. The number of aryl methyl sites for hydroxylation is 1. The number of rotatable bonds is 2. The molecule has 1 aromatic carbocycles. The molecule has 0 bridgehead atoms. The summed E-state index contributed by atoms with van der Waals surface area (Å²) >= 11 is 5.68. The monoisotopic (exact) mass is 332 g/mol. The molecule has 0 aliphatic carbocycles. The van der Waals surface area contributed by atoms with Crippen LogP contribution in [0.5, 0.6) is 0 Å². The topological polar surface area (TPSA) is 16.1 Å². The number of hydrogen-bond donors (Lipinski definition) is 0. The summed E-state index contributed by atoms with van der Waals surface area (Å²) in [7, 11) is 0. The number of thioether (sulfide) groups is 1. The summed E-state index contributed by atoms with van der Waals surface area (Å²) in [4.78, 5) is 8.65. The molecule has 0 amide bonds. The van der Waals surface area contributed by atoms with E-state index in [4.69, 9.17) is 4.98 Å². The second-order valence-electron chi connectivity index (χ2n) is 5.17. The first-order valence-corrected chi connectivity index (χ1v) is 9.95. The summed E-state index contributed by atoms with van der Waals surface area (Å²) < 4.78 is 1.36. The van der Waals surface area contributed by atoms with E-state index in [0.29, 0.717) is 0 Å². The molecule has 0 atom stereocenters. The van der Waals surface area contributed by atoms with Gasteiger partial charge in [-0.3, -0.25) is 0 Å². The third kappa shape index (κ3) is 2.47. The lowest BCUT2D eigenvalue weighted by molar-refractivity contribution is 0.853. The van der Waals surface area contributed by atoms with Gasteiger partial charge in [-0.25, -0.2) is 4.98 Å². The average Bonchev–Trinajstić information content (AvgIpc) is 3.14. The van der Waals surface area contributed by atoms with Crippen LogP contribution in [0.4, 0.5) is 5.13 Å². The number of thiazole rings is 1. The average molecular weight is 333 g/mol. The quantitative estimate of drug-likeness (QED) is 0.665. The summed E-state index contributed by atoms with van der Waals surface area (Å²) in [5.41, 5.74) is 2.51. The van der Waals surface area contributed by atoms with Crippen molar-refractivity contribution in [2.45, 2.75) is 6.92 Å². The standard InChI is InChI=1S/C16H16N2S3/c1-11-12-4-2-3-5-14(12)21-15(11)13-10-20-16(17-13)18-6-8-19-9-7-18/h2-5,10H,6-9H2,1H3. The fourth-order valence-corrected chi connectivity index (χ4v) is 5.70. The predicted molar refractivity (Wildman–Crippen MR) is 97.2 cm³/mol. The Labute approximate surface area is 136 Å². The van der Waals surface area contributed by atoms with Gasteiger partial charge in [-0.2, -0.15) is 11.8 Å². The first kappa shape index (κ1) is 13.6. The van der Waals surface area contributed by atoms with E-state index in [1.54, 1.807) is 11.3 Å². The first-order valence-electron chi connectivity index (χ1n) is 7.09. The van der Waals surface area contributed by atoms with Crippen molar-refractivity contribution < 1.29 is 0 Å². The van der Waals surface area contributed by atoms with E-state index < -0.39 is 0 Å². The van der Waals surface area contributed by atoms with Gasteiger partial charge >= 0.3 is 0 Å². The Hall–Kier alpha value is -1.04. The Morgan fingerprint density at radius 1 is 1.14 bits per heavy atom. The molecule has 21 heavy (non-hydrogen) atoms. The van der Waals surface area contributed by atoms with Crippen LogP contribution >= 0.6 is 34.4 Å². The lowest BCUT2D eigenvalue weighted by Gasteiger charge is -2.25. The van der Waals surface area contributed by atoms with E-state index in [1.165, 1.54) is 37.2 Å². The minimum absolute atomic E-state index is 1.13. The molecule has 2 nitrogen and oxygen atoms in total. The Kier molecular flexibility index (Phi) is 3.65. The van der Waals surface area contributed by atoms with Gasteiger partial charge < -0.3 is 4.90 Å². The second kappa shape index (κ2) is 5.63. The van der Waals surface area contributed by atoms with Crippen molar-refractivity contribution in [3.63, 3.8) is 0 Å². The second-order valence-corrected chi connectivity index (χ2v) is 8.28. The SMILES string of the molecule is Cc1c(-c2csc(N3CCSCC3)n2)sc2ccccc12. The van der Waals surface area contributed by atoms with Gasteiger partial charge in [0.15, 0.2) is 5.13 Å². The molecule has 2 aromatic heterocycles. The van der Waals surface area contributed by atoms with Gasteiger partial charge in [0, 0.05) is 34.7 Å². The highest BCUT2D eigenvalue weighted by molar-refractivity contribution is 7.99. The van der Waals surface area contributed by atoms with Gasteiger partial charge in [0.2, 0.25) is 0 Å². The van der Waals surface area contributed by atoms with Crippen LogP contribution in [0, 0.1) is 6.92 Å². The highest BCUT2D eigenvalue weighted by atomic mass is 32.2. The molecule has 1 saturated heterocycles. The molecule has 3 aromatic rings. The van der Waals surface area contributed by atoms with Crippen molar-refractivity contribution in [2.24, 2.45) is 0 Å². The number of fused-ring (bicyclic) bond motifs is 1. The summed E-state index contributed by atoms with van der Waals surface area (Å²) in [6.07, 6.45) is 0. The van der Waals surface area contributed by atoms with Crippen LogP contribution in [-0.4, -0.2) is 29.6 Å². The third-order valence-corrected chi connectivity index (χ3v) is 6.99. The minimum Gasteiger partial charge on any atom is -0.346 e. The molecule has 1 aliphatic rings. The fraction of sp³-hybridized carbons (Fsp3) is 0.312. The Balaban J connectivity index is 1.72. The van der Waals surface area contributed by atoms with E-state index in [0.717, 1.165) is 18.8 Å². The Morgan fingerprint density at radius 2 is 1.95 bits per heavy atom. The summed E-state index contributed by atoms with van der Waals surface area (Å²) in [6.45, 7) is 4.47. The maximum atomic E-state index is 4.91. The molecule has 0 spiro atoms. The number of thiophene rings is 1. The van der Waals surface area contributed by atoms with Crippen LogP contribution < -0.4 is 4.90 Å². The molecule has 5 heteroatoms. The third-order valence-electron chi connectivity index (χ3n) is 3.85. The zero-order valence-corrected chi connectivity index (χ0v) is 14.3. The molecule has 0 N–H and O–H groups in total. The molecule has 4 rings (SSSR count). The number of nitrogens with zero attached hydrogens (tertiary/aromatic N) is 2. The van der Waals surface area contributed by atoms with E-state index in [2.05, 4.69) is 41.5 Å². The fourth-order valence-electron chi connectivity index (χ4n) is 2.69. The molecular formula is C16H16N2S3. The highest BCUT2D eigenvalue weighted by Crippen LogP contribution is 2.39. The maximum Gasteiger partial charge on any atom is 0.185 e. The molecule has 0 unspecified atom stereocenters. The van der Waals surface area contributed by atoms with Crippen molar-refractivity contribution in [2.75, 3.05) is 29.5 Å². The molecular weight excluding hydrogens is 316 g/mol. The van der Waals surface area contributed by atoms with Crippen molar-refractivity contribution >= 4 is 49.7 Å². The maximum absolute atomic E-state index is 4.91. The lowest BCUT2D eigenvalue weighted by atomic mass is 10.1. The van der Waals surface area contributed by atoms with Crippen LogP contribution in [-0.2, 0) is 0 Å². The number of benzene rings is 1. The van der Waals surface area contributed by atoms with Crippen LogP contribution in [0.25, 0.3) is 20.7 Å². The largest absolute Gasteiger partial charge is 0.346 e. The van der Waals surface area contributed by atoms with E-state index in [1.807, 2.05) is 23.1 Å². The van der Waals surface area contributed by atoms with Gasteiger partial charge in [-0.05, 0) is 23.9 Å². The Morgan fingerprint density at radius 3 is 2.76 bits per heavy atom. The molecule has 3 heterocycles. The van der Waals surface area contributed by atoms with Crippen LogP contribution in [0.2, 0.25) is 0 Å². The number of hydrogen-bond acceptors (Lipinski definition) is 5. The van der Waals surface area contributed by atoms with Crippen LogP contribution in [0.1, 0.15) is 5.56 Å². The van der Waals surface area contributed by atoms with Crippen molar-refractivity contribution in [1.29, 1.82) is 0 Å². The summed E-state index contributed by atoms with van der Waals surface area (Å²) in [6, 6.07) is 8.63. The van der Waals surface area contributed by atoms with E-state index >= 15 is 0 Å². The smallest absolute Gasteiger partial charge is 0.185 e. The van der Waals surface area contributed by atoms with Gasteiger partial charge in [0.25, 0.3) is 0 Å². The molecule has 1 aliphatic heterocycles. The number of aromatic nitrogens is 1.